The van der Waals surface area contributed by atoms with Crippen LogP contribution in [-0.2, 0) is 6.37 Å². The van der Waals surface area contributed by atoms with Gasteiger partial charge >= 0.3 is 0 Å². The molecule has 2 aliphatic carbocycles. The molecule has 0 aliphatic heterocycles. The van der Waals surface area contributed by atoms with E-state index in [-0.39, 0.29) is 10.6 Å². The highest BCUT2D eigenvalue weighted by atomic mass is 35.5. The number of hydrogen-bond donors (Lipinski definition) is 5. The van der Waals surface area contributed by atoms with E-state index in [1.807, 2.05) is 12.1 Å². The van der Waals surface area contributed by atoms with Crippen molar-refractivity contribution in [2.45, 2.75) is 55.5 Å². The molecule has 0 heterocycles. The maximum atomic E-state index is 10.7. The molecule has 2 aromatic rings. The molecule has 0 aromatic heterocycles. The molecule has 0 bridgehead atoms. The molecule has 0 spiro atoms. The summed E-state index contributed by atoms with van der Waals surface area (Å²) in [6.07, 6.45) is -5.50. The second-order valence-electron chi connectivity index (χ2n) is 8.10. The molecule has 156 valence electrons. The minimum atomic E-state index is -1.94. The van der Waals surface area contributed by atoms with Gasteiger partial charge in [-0.25, -0.2) is 0 Å². The van der Waals surface area contributed by atoms with Crippen LogP contribution < -0.4 is 0 Å². The standard InChI is InChI=1S/C23H27ClO5/c24-18-8-7-15(19-20(26)17(11-25)21(27)23(29)22(19)28)10-16(18)9-12-1-3-13(4-2-12)14-5-6-14/h1-4,7-8,10,14,17,19-23,25-29H,5-6,9,11H2/t17-,19+,20-,21+,22-,23-/m0/s1/i9D2. The van der Waals surface area contributed by atoms with Crippen molar-refractivity contribution in [1.29, 1.82) is 0 Å². The van der Waals surface area contributed by atoms with Crippen LogP contribution in [0, 0.1) is 5.92 Å². The molecule has 29 heavy (non-hydrogen) atoms. The van der Waals surface area contributed by atoms with Gasteiger partial charge in [-0.2, -0.15) is 0 Å². The molecule has 2 aliphatic rings. The van der Waals surface area contributed by atoms with E-state index in [4.69, 9.17) is 14.3 Å². The van der Waals surface area contributed by atoms with Crippen LogP contribution in [-0.4, -0.2) is 56.6 Å². The van der Waals surface area contributed by atoms with Gasteiger partial charge in [0.2, 0.25) is 0 Å². The third kappa shape index (κ3) is 4.08. The van der Waals surface area contributed by atoms with Gasteiger partial charge in [0.1, 0.15) is 6.10 Å². The lowest BCUT2D eigenvalue weighted by Crippen LogP contribution is -2.58. The fourth-order valence-electron chi connectivity index (χ4n) is 4.21. The van der Waals surface area contributed by atoms with Crippen LogP contribution in [0.25, 0.3) is 0 Å². The maximum absolute atomic E-state index is 10.7. The third-order valence-electron chi connectivity index (χ3n) is 6.14. The van der Waals surface area contributed by atoms with Crippen molar-refractivity contribution in [2.24, 2.45) is 5.92 Å². The highest BCUT2D eigenvalue weighted by Gasteiger charge is 2.48. The minimum Gasteiger partial charge on any atom is -0.396 e. The average molecular weight is 421 g/mol. The lowest BCUT2D eigenvalue weighted by atomic mass is 9.70. The van der Waals surface area contributed by atoms with E-state index in [1.54, 1.807) is 18.2 Å². The zero-order valence-corrected chi connectivity index (χ0v) is 16.6. The van der Waals surface area contributed by atoms with Crippen LogP contribution in [0.5, 0.6) is 0 Å². The smallest absolute Gasteiger partial charge is 0.107 e. The first-order valence-corrected chi connectivity index (χ1v) is 10.3. The van der Waals surface area contributed by atoms with Gasteiger partial charge in [0.15, 0.2) is 0 Å². The van der Waals surface area contributed by atoms with E-state index in [0.29, 0.717) is 17.0 Å². The Balaban J connectivity index is 1.70. The van der Waals surface area contributed by atoms with Crippen LogP contribution in [0.15, 0.2) is 42.5 Å². The van der Waals surface area contributed by atoms with Crippen LogP contribution in [0.4, 0.5) is 0 Å². The van der Waals surface area contributed by atoms with E-state index in [1.165, 1.54) is 17.7 Å². The highest BCUT2D eigenvalue weighted by molar-refractivity contribution is 6.31. The predicted octanol–water partition coefficient (Wildman–Crippen LogP) is 1.96. The number of benzene rings is 2. The number of rotatable bonds is 5. The molecule has 5 nitrogen and oxygen atoms in total. The molecule has 2 saturated carbocycles. The predicted molar refractivity (Wildman–Crippen MR) is 110 cm³/mol. The number of aliphatic hydroxyl groups excluding tert-OH is 5. The van der Waals surface area contributed by atoms with Crippen molar-refractivity contribution in [3.8, 4) is 0 Å². The zero-order chi connectivity index (χ0) is 22.5. The Morgan fingerprint density at radius 3 is 2.14 bits per heavy atom. The normalized spacial score (nSPS) is 33.9. The molecule has 6 heteroatoms. The SMILES string of the molecule is [2H]C([2H])(c1ccc(C2CC2)cc1)c1cc([C@H]2[C@H](O)[C@@H](O)[C@H](O)[C@@H](CO)[C@@H]2O)ccc1Cl. The summed E-state index contributed by atoms with van der Waals surface area (Å²) >= 11 is 6.35. The summed E-state index contributed by atoms with van der Waals surface area (Å²) in [5.41, 5.74) is 2.16. The quantitative estimate of drug-likeness (QED) is 0.509. The fourth-order valence-corrected chi connectivity index (χ4v) is 4.37. The van der Waals surface area contributed by atoms with Crippen molar-refractivity contribution in [1.82, 2.24) is 0 Å². The Hall–Kier alpha value is -1.47. The van der Waals surface area contributed by atoms with Gasteiger partial charge in [0, 0.05) is 19.6 Å². The molecular formula is C23H27ClO5. The number of aliphatic hydroxyl groups is 5. The van der Waals surface area contributed by atoms with E-state index < -0.39 is 49.2 Å². The molecule has 2 aromatic carbocycles. The summed E-state index contributed by atoms with van der Waals surface area (Å²) in [4.78, 5) is 0. The summed E-state index contributed by atoms with van der Waals surface area (Å²) in [5.74, 6) is -1.52. The van der Waals surface area contributed by atoms with Crippen molar-refractivity contribution < 1.29 is 28.3 Å². The largest absolute Gasteiger partial charge is 0.396 e. The first-order chi connectivity index (χ1) is 14.7. The molecule has 6 atom stereocenters. The Kier molecular flexibility index (Phi) is 5.27. The van der Waals surface area contributed by atoms with Crippen LogP contribution >= 0.6 is 11.6 Å². The van der Waals surface area contributed by atoms with E-state index in [9.17, 15) is 25.5 Å². The van der Waals surface area contributed by atoms with Crippen molar-refractivity contribution in [3.63, 3.8) is 0 Å². The van der Waals surface area contributed by atoms with Crippen molar-refractivity contribution in [3.05, 3.63) is 69.7 Å². The van der Waals surface area contributed by atoms with E-state index >= 15 is 0 Å². The molecule has 2 fully saturated rings. The Labute approximate surface area is 178 Å². The molecular weight excluding hydrogens is 392 g/mol. The fraction of sp³-hybridized carbons (Fsp3) is 0.478. The maximum Gasteiger partial charge on any atom is 0.107 e. The molecule has 4 rings (SSSR count). The Morgan fingerprint density at radius 2 is 1.52 bits per heavy atom. The average Bonchev–Trinajstić information content (AvgIpc) is 3.59. The monoisotopic (exact) mass is 420 g/mol. The minimum absolute atomic E-state index is 0.173. The van der Waals surface area contributed by atoms with E-state index in [0.717, 1.165) is 12.8 Å². The van der Waals surface area contributed by atoms with Crippen LogP contribution in [0.2, 0.25) is 5.02 Å². The summed E-state index contributed by atoms with van der Waals surface area (Å²) in [5, 5.41) is 51.3. The summed E-state index contributed by atoms with van der Waals surface area (Å²) in [7, 11) is 0. The van der Waals surface area contributed by atoms with Gasteiger partial charge in [-0.05, 0) is 53.5 Å². The highest BCUT2D eigenvalue weighted by Crippen LogP contribution is 2.40. The first-order valence-electron chi connectivity index (χ1n) is 10.9. The molecule has 5 N–H and O–H groups in total. The molecule has 0 amide bonds. The molecule has 0 saturated heterocycles. The third-order valence-corrected chi connectivity index (χ3v) is 6.47. The van der Waals surface area contributed by atoms with Gasteiger partial charge in [0.05, 0.1) is 24.9 Å². The van der Waals surface area contributed by atoms with Gasteiger partial charge in [-0.1, -0.05) is 48.0 Å². The lowest BCUT2D eigenvalue weighted by Gasteiger charge is -2.43. The van der Waals surface area contributed by atoms with Gasteiger partial charge in [-0.3, -0.25) is 0 Å². The zero-order valence-electron chi connectivity index (χ0n) is 17.8. The molecule has 0 radical (unpaired) electrons. The number of halogens is 1. The van der Waals surface area contributed by atoms with Crippen LogP contribution in [0.1, 0.15) is 49.7 Å². The topological polar surface area (TPSA) is 101 Å². The van der Waals surface area contributed by atoms with Crippen molar-refractivity contribution >= 4 is 11.6 Å². The van der Waals surface area contributed by atoms with Crippen molar-refractivity contribution in [2.75, 3.05) is 6.61 Å². The number of hydrogen-bond acceptors (Lipinski definition) is 5. The summed E-state index contributed by atoms with van der Waals surface area (Å²) in [6, 6.07) is 11.9. The van der Waals surface area contributed by atoms with Gasteiger partial charge in [0.25, 0.3) is 0 Å². The molecule has 0 unspecified atom stereocenters. The Bertz CT molecular complexity index is 934. The summed E-state index contributed by atoms with van der Waals surface area (Å²) in [6.45, 7) is -0.572. The lowest BCUT2D eigenvalue weighted by molar-refractivity contribution is -0.169. The van der Waals surface area contributed by atoms with Crippen LogP contribution in [0.3, 0.4) is 0 Å². The van der Waals surface area contributed by atoms with E-state index in [2.05, 4.69) is 0 Å². The van der Waals surface area contributed by atoms with Gasteiger partial charge in [-0.15, -0.1) is 0 Å². The first kappa shape index (κ1) is 18.3. The second-order valence-corrected chi connectivity index (χ2v) is 8.50. The Morgan fingerprint density at radius 1 is 0.862 bits per heavy atom. The summed E-state index contributed by atoms with van der Waals surface area (Å²) < 4.78 is 17.5. The van der Waals surface area contributed by atoms with Gasteiger partial charge < -0.3 is 25.5 Å². The second kappa shape index (κ2) is 8.34.